The summed E-state index contributed by atoms with van der Waals surface area (Å²) in [4.78, 5) is 0.816. The first-order valence-electron chi connectivity index (χ1n) is 7.88. The van der Waals surface area contributed by atoms with E-state index in [2.05, 4.69) is 73.8 Å². The topological polar surface area (TPSA) is 55.1 Å². The molecule has 5 nitrogen and oxygen atoms in total. The van der Waals surface area contributed by atoms with E-state index < -0.39 is 0 Å². The molecule has 2 aromatic carbocycles. The maximum absolute atomic E-state index is 4.62. The van der Waals surface area contributed by atoms with Gasteiger partial charge in [0.1, 0.15) is 5.01 Å². The van der Waals surface area contributed by atoms with E-state index in [9.17, 15) is 0 Å². The summed E-state index contributed by atoms with van der Waals surface area (Å²) < 4.78 is 2.88. The van der Waals surface area contributed by atoms with Crippen LogP contribution in [0, 0.1) is 13.8 Å². The van der Waals surface area contributed by atoms with Crippen LogP contribution in [0.2, 0.25) is 0 Å². The third-order valence-corrected chi connectivity index (χ3v) is 5.44. The number of nitrogens with zero attached hydrogens (tertiary/aromatic N) is 4. The Bertz CT molecular complexity index is 1050. The third kappa shape index (κ3) is 3.29. The molecule has 0 spiro atoms. The zero-order chi connectivity index (χ0) is 17.4. The van der Waals surface area contributed by atoms with Gasteiger partial charge in [-0.1, -0.05) is 51.5 Å². The predicted molar refractivity (Wildman–Crippen MR) is 105 cm³/mol. The summed E-state index contributed by atoms with van der Waals surface area (Å²) in [6.07, 6.45) is 0. The molecule has 0 saturated carbocycles. The van der Waals surface area contributed by atoms with Gasteiger partial charge in [-0.15, -0.1) is 10.2 Å². The summed E-state index contributed by atoms with van der Waals surface area (Å²) >= 11 is 5.06. The normalized spacial score (nSPS) is 11.2. The van der Waals surface area contributed by atoms with Crippen molar-refractivity contribution in [3.8, 4) is 10.6 Å². The molecule has 0 unspecified atom stereocenters. The fourth-order valence-corrected chi connectivity index (χ4v) is 3.95. The number of hydrogen-bond donors (Lipinski definition) is 1. The van der Waals surface area contributed by atoms with Gasteiger partial charge in [0, 0.05) is 22.3 Å². The van der Waals surface area contributed by atoms with Crippen LogP contribution in [0.4, 0.5) is 5.69 Å². The highest BCUT2D eigenvalue weighted by atomic mass is 79.9. The lowest BCUT2D eigenvalue weighted by Crippen LogP contribution is -2.01. The molecule has 7 heteroatoms. The van der Waals surface area contributed by atoms with Gasteiger partial charge in [-0.3, -0.25) is 0 Å². The van der Waals surface area contributed by atoms with Gasteiger partial charge in [-0.25, -0.2) is 0 Å². The molecule has 126 valence electrons. The smallest absolute Gasteiger partial charge is 0.234 e. The van der Waals surface area contributed by atoms with Crippen molar-refractivity contribution in [2.75, 3.05) is 5.32 Å². The Hall–Kier alpha value is -2.25. The molecular formula is C18H16BrN5S. The summed E-state index contributed by atoms with van der Waals surface area (Å²) in [5.74, 6) is 0.803. The Morgan fingerprint density at radius 1 is 1.12 bits per heavy atom. The quantitative estimate of drug-likeness (QED) is 0.519. The van der Waals surface area contributed by atoms with Gasteiger partial charge >= 0.3 is 0 Å². The molecule has 25 heavy (non-hydrogen) atoms. The number of nitrogens with one attached hydrogen (secondary N) is 1. The van der Waals surface area contributed by atoms with Gasteiger partial charge in [-0.2, -0.15) is 9.61 Å². The first kappa shape index (κ1) is 16.2. The van der Waals surface area contributed by atoms with Crippen molar-refractivity contribution in [1.82, 2.24) is 19.8 Å². The highest BCUT2D eigenvalue weighted by Crippen LogP contribution is 2.29. The van der Waals surface area contributed by atoms with Crippen molar-refractivity contribution in [2.45, 2.75) is 20.4 Å². The van der Waals surface area contributed by atoms with Crippen molar-refractivity contribution in [3.63, 3.8) is 0 Å². The molecule has 2 aromatic heterocycles. The number of aryl methyl sites for hydroxylation is 2. The number of benzene rings is 2. The maximum atomic E-state index is 4.62. The van der Waals surface area contributed by atoms with Gasteiger partial charge in [0.15, 0.2) is 5.82 Å². The second kappa shape index (κ2) is 6.57. The van der Waals surface area contributed by atoms with Gasteiger partial charge in [0.25, 0.3) is 0 Å². The number of aromatic nitrogens is 4. The van der Waals surface area contributed by atoms with Crippen LogP contribution < -0.4 is 5.32 Å². The molecular weight excluding hydrogens is 398 g/mol. The zero-order valence-electron chi connectivity index (χ0n) is 13.8. The Kier molecular flexibility index (Phi) is 4.27. The lowest BCUT2D eigenvalue weighted by Gasteiger charge is -2.11. The van der Waals surface area contributed by atoms with E-state index in [0.717, 1.165) is 38.1 Å². The third-order valence-electron chi connectivity index (χ3n) is 4.00. The highest BCUT2D eigenvalue weighted by molar-refractivity contribution is 9.10. The number of anilines is 1. The minimum Gasteiger partial charge on any atom is -0.381 e. The first-order chi connectivity index (χ1) is 12.1. The van der Waals surface area contributed by atoms with Gasteiger partial charge in [-0.05, 0) is 43.2 Å². The van der Waals surface area contributed by atoms with E-state index in [1.165, 1.54) is 11.1 Å². The minimum absolute atomic E-state index is 0.772. The molecule has 0 saturated heterocycles. The van der Waals surface area contributed by atoms with Crippen molar-refractivity contribution in [1.29, 1.82) is 0 Å². The molecule has 0 amide bonds. The number of halogens is 1. The molecule has 0 radical (unpaired) electrons. The summed E-state index contributed by atoms with van der Waals surface area (Å²) in [7, 11) is 0. The monoisotopic (exact) mass is 413 g/mol. The Morgan fingerprint density at radius 3 is 2.80 bits per heavy atom. The van der Waals surface area contributed by atoms with Gasteiger partial charge in [0.05, 0.1) is 0 Å². The molecule has 0 atom stereocenters. The molecule has 4 aromatic rings. The van der Waals surface area contributed by atoms with Crippen LogP contribution in [0.1, 0.15) is 17.0 Å². The molecule has 0 bridgehead atoms. The standard InChI is InChI=1S/C18H16BrN5S/c1-11-6-7-14(17-23-24-12(2)21-22-18(24)25-17)9-16(11)20-10-13-4-3-5-15(19)8-13/h3-9,20H,10H2,1-2H3. The van der Waals surface area contributed by atoms with Crippen molar-refractivity contribution in [3.05, 3.63) is 63.9 Å². The highest BCUT2D eigenvalue weighted by Gasteiger charge is 2.11. The molecule has 0 fully saturated rings. The Labute approximate surface area is 157 Å². The summed E-state index contributed by atoms with van der Waals surface area (Å²) in [5, 5.41) is 17.3. The molecule has 0 aliphatic heterocycles. The summed E-state index contributed by atoms with van der Waals surface area (Å²) in [6, 6.07) is 14.7. The molecule has 0 aliphatic carbocycles. The molecule has 4 rings (SSSR count). The Morgan fingerprint density at radius 2 is 2.00 bits per heavy atom. The number of fused-ring (bicyclic) bond motifs is 1. The van der Waals surface area contributed by atoms with Crippen LogP contribution in [0.15, 0.2) is 46.9 Å². The zero-order valence-corrected chi connectivity index (χ0v) is 16.2. The van der Waals surface area contributed by atoms with Crippen LogP contribution in [-0.2, 0) is 6.54 Å². The van der Waals surface area contributed by atoms with Crippen molar-refractivity contribution >= 4 is 37.9 Å². The van der Waals surface area contributed by atoms with E-state index in [1.807, 2.05) is 19.1 Å². The van der Waals surface area contributed by atoms with Crippen molar-refractivity contribution < 1.29 is 0 Å². The maximum Gasteiger partial charge on any atom is 0.234 e. The fraction of sp³-hybridized carbons (Fsp3) is 0.167. The average Bonchev–Trinajstić information content (AvgIpc) is 3.17. The second-order valence-electron chi connectivity index (χ2n) is 5.86. The minimum atomic E-state index is 0.772. The van der Waals surface area contributed by atoms with E-state index in [0.29, 0.717) is 0 Å². The van der Waals surface area contributed by atoms with Crippen LogP contribution >= 0.6 is 27.3 Å². The number of hydrogen-bond acceptors (Lipinski definition) is 5. The SMILES string of the molecule is Cc1ccc(-c2nn3c(C)nnc3s2)cc1NCc1cccc(Br)c1. The average molecular weight is 414 g/mol. The van der Waals surface area contributed by atoms with E-state index >= 15 is 0 Å². The van der Waals surface area contributed by atoms with Crippen LogP contribution in [0.5, 0.6) is 0 Å². The predicted octanol–water partition coefficient (Wildman–Crippen LogP) is 4.84. The largest absolute Gasteiger partial charge is 0.381 e. The van der Waals surface area contributed by atoms with E-state index in [-0.39, 0.29) is 0 Å². The van der Waals surface area contributed by atoms with Gasteiger partial charge < -0.3 is 5.32 Å². The van der Waals surface area contributed by atoms with E-state index in [4.69, 9.17) is 0 Å². The molecule has 1 N–H and O–H groups in total. The van der Waals surface area contributed by atoms with Crippen LogP contribution in [0.3, 0.4) is 0 Å². The number of rotatable bonds is 4. The Balaban J connectivity index is 1.61. The van der Waals surface area contributed by atoms with Gasteiger partial charge in [0.2, 0.25) is 4.96 Å². The van der Waals surface area contributed by atoms with E-state index in [1.54, 1.807) is 15.9 Å². The lowest BCUT2D eigenvalue weighted by atomic mass is 10.1. The molecule has 0 aliphatic rings. The summed E-state index contributed by atoms with van der Waals surface area (Å²) in [5.41, 5.74) is 4.63. The lowest BCUT2D eigenvalue weighted by molar-refractivity contribution is 0.897. The second-order valence-corrected chi connectivity index (χ2v) is 7.73. The van der Waals surface area contributed by atoms with Crippen LogP contribution in [0.25, 0.3) is 15.5 Å². The van der Waals surface area contributed by atoms with Crippen LogP contribution in [-0.4, -0.2) is 19.8 Å². The summed E-state index contributed by atoms with van der Waals surface area (Å²) in [6.45, 7) is 4.79. The first-order valence-corrected chi connectivity index (χ1v) is 9.49. The van der Waals surface area contributed by atoms with Crippen molar-refractivity contribution in [2.24, 2.45) is 0 Å². The fourth-order valence-electron chi connectivity index (χ4n) is 2.62. The molecule has 2 heterocycles.